The fourth-order valence-electron chi connectivity index (χ4n) is 1.34. The van der Waals surface area contributed by atoms with Gasteiger partial charge >= 0.3 is 6.18 Å². The molecule has 0 fully saturated rings. The summed E-state index contributed by atoms with van der Waals surface area (Å²) in [5.41, 5.74) is -1.16. The molecule has 0 aliphatic heterocycles. The van der Waals surface area contributed by atoms with Crippen LogP contribution in [0.25, 0.3) is 10.8 Å². The average Bonchev–Trinajstić information content (AvgIpc) is 2.15. The molecule has 2 rings (SSSR count). The zero-order valence-electron chi connectivity index (χ0n) is 7.43. The summed E-state index contributed by atoms with van der Waals surface area (Å²) in [5, 5.41) is 0.858. The molecule has 0 aliphatic carbocycles. The number of rotatable bonds is 0. The lowest BCUT2D eigenvalue weighted by Gasteiger charge is -2.06. The molecule has 0 spiro atoms. The normalized spacial score (nSPS) is 11.9. The molecule has 1 N–H and O–H groups in total. The van der Waals surface area contributed by atoms with Gasteiger partial charge in [-0.1, -0.05) is 6.07 Å². The van der Waals surface area contributed by atoms with Crippen molar-refractivity contribution in [3.63, 3.8) is 0 Å². The van der Waals surface area contributed by atoms with Crippen molar-refractivity contribution in [2.24, 2.45) is 0 Å². The number of halogens is 3. The summed E-state index contributed by atoms with van der Waals surface area (Å²) in [6, 6.07) is 4.42. The van der Waals surface area contributed by atoms with Crippen LogP contribution in [0.3, 0.4) is 0 Å². The van der Waals surface area contributed by atoms with Gasteiger partial charge in [0.15, 0.2) is 0 Å². The number of aromatic nitrogens is 1. The van der Waals surface area contributed by atoms with Gasteiger partial charge in [-0.3, -0.25) is 4.79 Å². The van der Waals surface area contributed by atoms with Crippen molar-refractivity contribution in [1.29, 1.82) is 0 Å². The Morgan fingerprint density at radius 1 is 1.07 bits per heavy atom. The first-order chi connectivity index (χ1) is 6.97. The zero-order chi connectivity index (χ0) is 11.1. The molecule has 1 aromatic carbocycles. The maximum atomic E-state index is 12.3. The predicted molar refractivity (Wildman–Crippen MR) is 49.6 cm³/mol. The molecule has 15 heavy (non-hydrogen) atoms. The number of H-pyrrole nitrogens is 1. The van der Waals surface area contributed by atoms with Crippen LogP contribution in [0.1, 0.15) is 5.56 Å². The SMILES string of the molecule is O=c1cc2cc(C(F)(F)F)ccc2c[nH]1. The fourth-order valence-corrected chi connectivity index (χ4v) is 1.34. The van der Waals surface area contributed by atoms with Crippen molar-refractivity contribution in [3.05, 3.63) is 46.4 Å². The van der Waals surface area contributed by atoms with Gasteiger partial charge in [-0.25, -0.2) is 0 Å². The Bertz CT molecular complexity index is 556. The number of nitrogens with one attached hydrogen (secondary N) is 1. The number of hydrogen-bond donors (Lipinski definition) is 1. The molecule has 78 valence electrons. The van der Waals surface area contributed by atoms with E-state index in [9.17, 15) is 18.0 Å². The van der Waals surface area contributed by atoms with E-state index in [0.29, 0.717) is 5.39 Å². The quantitative estimate of drug-likeness (QED) is 0.716. The third-order valence-electron chi connectivity index (χ3n) is 2.07. The van der Waals surface area contributed by atoms with Gasteiger partial charge in [-0.15, -0.1) is 0 Å². The van der Waals surface area contributed by atoms with Crippen LogP contribution in [0.5, 0.6) is 0 Å². The topological polar surface area (TPSA) is 32.9 Å². The van der Waals surface area contributed by atoms with Gasteiger partial charge in [0, 0.05) is 12.3 Å². The summed E-state index contributed by atoms with van der Waals surface area (Å²) in [6.45, 7) is 0. The third-order valence-corrected chi connectivity index (χ3v) is 2.07. The largest absolute Gasteiger partial charge is 0.416 e. The Labute approximate surface area is 82.4 Å². The Hall–Kier alpha value is -1.78. The van der Waals surface area contributed by atoms with Crippen LogP contribution in [0.2, 0.25) is 0 Å². The third kappa shape index (κ3) is 1.86. The van der Waals surface area contributed by atoms with Crippen molar-refractivity contribution in [1.82, 2.24) is 4.98 Å². The van der Waals surface area contributed by atoms with E-state index in [0.717, 1.165) is 18.2 Å². The molecule has 0 saturated heterocycles. The van der Waals surface area contributed by atoms with Gasteiger partial charge in [-0.2, -0.15) is 13.2 Å². The molecule has 0 amide bonds. The van der Waals surface area contributed by atoms with E-state index in [4.69, 9.17) is 0 Å². The Morgan fingerprint density at radius 2 is 1.80 bits per heavy atom. The van der Waals surface area contributed by atoms with Crippen LogP contribution in [0.15, 0.2) is 35.3 Å². The summed E-state index contributed by atoms with van der Waals surface area (Å²) >= 11 is 0. The highest BCUT2D eigenvalue weighted by molar-refractivity contribution is 5.82. The molecular formula is C10H6F3NO. The highest BCUT2D eigenvalue weighted by Crippen LogP contribution is 2.30. The van der Waals surface area contributed by atoms with E-state index in [1.807, 2.05) is 0 Å². The number of hydrogen-bond acceptors (Lipinski definition) is 1. The van der Waals surface area contributed by atoms with Gasteiger partial charge in [0.25, 0.3) is 0 Å². The van der Waals surface area contributed by atoms with Crippen LogP contribution in [0, 0.1) is 0 Å². The molecule has 0 unspecified atom stereocenters. The lowest BCUT2D eigenvalue weighted by atomic mass is 10.1. The van der Waals surface area contributed by atoms with E-state index in [1.54, 1.807) is 0 Å². The highest BCUT2D eigenvalue weighted by Gasteiger charge is 2.30. The van der Waals surface area contributed by atoms with Gasteiger partial charge in [0.05, 0.1) is 5.56 Å². The van der Waals surface area contributed by atoms with Crippen molar-refractivity contribution in [2.45, 2.75) is 6.18 Å². The standard InChI is InChI=1S/C10H6F3NO/c11-10(12,13)8-2-1-6-5-14-9(15)4-7(6)3-8/h1-5H,(H,14,15). The molecule has 2 nitrogen and oxygen atoms in total. The van der Waals surface area contributed by atoms with Gasteiger partial charge in [0.2, 0.25) is 5.56 Å². The van der Waals surface area contributed by atoms with Gasteiger partial charge in [0.1, 0.15) is 0 Å². The smallest absolute Gasteiger partial charge is 0.328 e. The lowest BCUT2D eigenvalue weighted by molar-refractivity contribution is -0.137. The number of alkyl halides is 3. The van der Waals surface area contributed by atoms with E-state index in [1.165, 1.54) is 12.3 Å². The van der Waals surface area contributed by atoms with Crippen LogP contribution >= 0.6 is 0 Å². The zero-order valence-corrected chi connectivity index (χ0v) is 7.43. The monoisotopic (exact) mass is 213 g/mol. The number of pyridine rings is 1. The first kappa shape index (κ1) is 9.76. The second kappa shape index (κ2) is 3.12. The van der Waals surface area contributed by atoms with Crippen molar-refractivity contribution in [3.8, 4) is 0 Å². The average molecular weight is 213 g/mol. The maximum absolute atomic E-state index is 12.3. The molecular weight excluding hydrogens is 207 g/mol. The predicted octanol–water partition coefficient (Wildman–Crippen LogP) is 2.55. The van der Waals surface area contributed by atoms with Gasteiger partial charge in [-0.05, 0) is 22.9 Å². The lowest BCUT2D eigenvalue weighted by Crippen LogP contribution is -2.06. The van der Waals surface area contributed by atoms with Crippen LogP contribution in [0.4, 0.5) is 13.2 Å². The van der Waals surface area contributed by atoms with Crippen LogP contribution in [-0.4, -0.2) is 4.98 Å². The summed E-state index contributed by atoms with van der Waals surface area (Å²) < 4.78 is 37.0. The first-order valence-corrected chi connectivity index (χ1v) is 4.16. The van der Waals surface area contributed by atoms with Gasteiger partial charge < -0.3 is 4.98 Å². The molecule has 0 aliphatic rings. The van der Waals surface area contributed by atoms with E-state index in [2.05, 4.69) is 4.98 Å². The minimum Gasteiger partial charge on any atom is -0.328 e. The minimum atomic E-state index is -4.38. The second-order valence-electron chi connectivity index (χ2n) is 3.14. The molecule has 0 atom stereocenters. The Balaban J connectivity index is 2.70. The molecule has 1 heterocycles. The molecule has 0 bridgehead atoms. The summed E-state index contributed by atoms with van der Waals surface area (Å²) in [7, 11) is 0. The summed E-state index contributed by atoms with van der Waals surface area (Å²) in [6.07, 6.45) is -2.99. The van der Waals surface area contributed by atoms with Crippen molar-refractivity contribution >= 4 is 10.8 Å². The van der Waals surface area contributed by atoms with E-state index < -0.39 is 17.3 Å². The van der Waals surface area contributed by atoms with E-state index >= 15 is 0 Å². The molecule has 5 heteroatoms. The number of benzene rings is 1. The fraction of sp³-hybridized carbons (Fsp3) is 0.100. The maximum Gasteiger partial charge on any atom is 0.416 e. The van der Waals surface area contributed by atoms with E-state index in [-0.39, 0.29) is 5.39 Å². The van der Waals surface area contributed by atoms with Crippen molar-refractivity contribution in [2.75, 3.05) is 0 Å². The number of aromatic amines is 1. The number of fused-ring (bicyclic) bond motifs is 1. The molecule has 0 saturated carbocycles. The molecule has 2 aromatic rings. The van der Waals surface area contributed by atoms with Crippen LogP contribution in [-0.2, 0) is 6.18 Å². The Morgan fingerprint density at radius 3 is 2.47 bits per heavy atom. The Kier molecular flexibility index (Phi) is 2.03. The minimum absolute atomic E-state index is 0.286. The summed E-state index contributed by atoms with van der Waals surface area (Å²) in [4.78, 5) is 13.3. The van der Waals surface area contributed by atoms with Crippen molar-refractivity contribution < 1.29 is 13.2 Å². The highest BCUT2D eigenvalue weighted by atomic mass is 19.4. The molecule has 1 aromatic heterocycles. The molecule has 0 radical (unpaired) electrons. The second-order valence-corrected chi connectivity index (χ2v) is 3.14. The van der Waals surface area contributed by atoms with Crippen LogP contribution < -0.4 is 5.56 Å². The summed E-state index contributed by atoms with van der Waals surface area (Å²) in [5.74, 6) is 0. The first-order valence-electron chi connectivity index (χ1n) is 4.16.